The molecule has 0 aliphatic rings. The number of hydrogen-bond acceptors (Lipinski definition) is 1. The zero-order valence-corrected chi connectivity index (χ0v) is 8.26. The molecule has 0 fully saturated rings. The summed E-state index contributed by atoms with van der Waals surface area (Å²) in [5.74, 6) is -0.0867. The Hall–Kier alpha value is -0.830. The van der Waals surface area contributed by atoms with Crippen LogP contribution in [0.25, 0.3) is 0 Å². The molecule has 78 valence electrons. The Morgan fingerprint density at radius 1 is 1.46 bits per heavy atom. The number of rotatable bonds is 5. The van der Waals surface area contributed by atoms with Crippen molar-refractivity contribution in [2.45, 2.75) is 13.8 Å². The zero-order valence-electron chi connectivity index (χ0n) is 8.26. The second-order valence-corrected chi connectivity index (χ2v) is 3.86. The van der Waals surface area contributed by atoms with Crippen LogP contribution in [0.2, 0.25) is 0 Å². The molecule has 0 aromatic carbocycles. The van der Waals surface area contributed by atoms with E-state index < -0.39 is 0 Å². The van der Waals surface area contributed by atoms with Gasteiger partial charge >= 0.3 is 0 Å². The van der Waals surface area contributed by atoms with Gasteiger partial charge in [-0.3, -0.25) is 4.79 Å². The number of hydrogen-bond donors (Lipinski definition) is 1. The van der Waals surface area contributed by atoms with Crippen molar-refractivity contribution in [1.82, 2.24) is 5.32 Å². The third-order valence-electron chi connectivity index (χ3n) is 1.49. The minimum atomic E-state index is -0.0867. The van der Waals surface area contributed by atoms with Gasteiger partial charge in [-0.25, -0.2) is 0 Å². The summed E-state index contributed by atoms with van der Waals surface area (Å²) in [4.78, 5) is 10.7. The van der Waals surface area contributed by atoms with Crippen molar-refractivity contribution in [3.8, 4) is 0 Å². The largest absolute Gasteiger partial charge is 0.352 e. The van der Waals surface area contributed by atoms with E-state index in [1.165, 1.54) is 6.08 Å². The predicted octanol–water partition coefficient (Wildman–Crippen LogP) is 1.02. The lowest BCUT2D eigenvalue weighted by Crippen LogP contribution is -2.37. The Balaban J connectivity index is 0. The van der Waals surface area contributed by atoms with E-state index in [1.54, 1.807) is 0 Å². The van der Waals surface area contributed by atoms with E-state index in [4.69, 9.17) is 0 Å². The lowest BCUT2D eigenvalue weighted by molar-refractivity contribution is -0.870. The Morgan fingerprint density at radius 3 is 2.38 bits per heavy atom. The molecule has 0 heterocycles. The molecule has 3 heteroatoms. The summed E-state index contributed by atoms with van der Waals surface area (Å²) in [5.41, 5.74) is 0. The van der Waals surface area contributed by atoms with Gasteiger partial charge in [0.05, 0.1) is 27.7 Å². The Kier molecular flexibility index (Phi) is 7.52. The van der Waals surface area contributed by atoms with Crippen LogP contribution < -0.4 is 5.32 Å². The second-order valence-electron chi connectivity index (χ2n) is 3.86. The van der Waals surface area contributed by atoms with Crippen LogP contribution in [0.15, 0.2) is 12.7 Å². The average Bonchev–Trinajstić information content (AvgIpc) is 1.96. The fraction of sp³-hybridized carbons (Fsp3) is 0.700. The van der Waals surface area contributed by atoms with E-state index in [9.17, 15) is 4.79 Å². The highest BCUT2D eigenvalue weighted by Crippen LogP contribution is 1.91. The van der Waals surface area contributed by atoms with Crippen LogP contribution in [0.4, 0.5) is 0 Å². The monoisotopic (exact) mass is 187 g/mol. The van der Waals surface area contributed by atoms with Crippen LogP contribution in [0.3, 0.4) is 0 Å². The van der Waals surface area contributed by atoms with Gasteiger partial charge in [0.25, 0.3) is 0 Å². The molecule has 0 unspecified atom stereocenters. The van der Waals surface area contributed by atoms with Crippen LogP contribution >= 0.6 is 0 Å². The van der Waals surface area contributed by atoms with Gasteiger partial charge in [0.1, 0.15) is 0 Å². The van der Waals surface area contributed by atoms with Crippen molar-refractivity contribution in [3.63, 3.8) is 0 Å². The second kappa shape index (κ2) is 6.66. The normalized spacial score (nSPS) is 10.1. The Bertz CT molecular complexity index is 159. The third-order valence-corrected chi connectivity index (χ3v) is 1.49. The topological polar surface area (TPSA) is 29.1 Å². The van der Waals surface area contributed by atoms with Crippen molar-refractivity contribution < 1.29 is 9.28 Å². The first-order chi connectivity index (χ1) is 5.45. The van der Waals surface area contributed by atoms with Crippen LogP contribution in [0.5, 0.6) is 0 Å². The molecule has 0 aliphatic carbocycles. The van der Waals surface area contributed by atoms with E-state index in [1.807, 2.05) is 0 Å². The molecule has 0 saturated carbocycles. The van der Waals surface area contributed by atoms with Gasteiger partial charge in [-0.1, -0.05) is 14.0 Å². The number of amides is 1. The SMILES string of the molecule is C.C=CC(=O)NCCC[N+](C)(C)C. The fourth-order valence-corrected chi connectivity index (χ4v) is 0.837. The van der Waals surface area contributed by atoms with E-state index in [0.717, 1.165) is 24.0 Å². The summed E-state index contributed by atoms with van der Waals surface area (Å²) in [5, 5.41) is 2.74. The predicted molar refractivity (Wildman–Crippen MR) is 57.5 cm³/mol. The highest BCUT2D eigenvalue weighted by atomic mass is 16.1. The van der Waals surface area contributed by atoms with Crippen LogP contribution in [0.1, 0.15) is 13.8 Å². The molecule has 1 amide bonds. The van der Waals surface area contributed by atoms with Crippen LogP contribution in [0, 0.1) is 0 Å². The molecule has 0 atom stereocenters. The third kappa shape index (κ3) is 11.2. The van der Waals surface area contributed by atoms with Crippen molar-refractivity contribution >= 4 is 5.91 Å². The molecular formula is C10H23N2O+. The summed E-state index contributed by atoms with van der Waals surface area (Å²) in [6.07, 6.45) is 2.30. The summed E-state index contributed by atoms with van der Waals surface area (Å²) in [6, 6.07) is 0. The van der Waals surface area contributed by atoms with E-state index in [-0.39, 0.29) is 13.3 Å². The summed E-state index contributed by atoms with van der Waals surface area (Å²) in [6.45, 7) is 5.18. The molecule has 3 nitrogen and oxygen atoms in total. The molecule has 0 spiro atoms. The summed E-state index contributed by atoms with van der Waals surface area (Å²) < 4.78 is 0.934. The van der Waals surface area contributed by atoms with Gasteiger partial charge < -0.3 is 9.80 Å². The lowest BCUT2D eigenvalue weighted by atomic mass is 10.3. The zero-order chi connectivity index (χ0) is 9.61. The average molecular weight is 187 g/mol. The Labute approximate surface area is 82.0 Å². The standard InChI is InChI=1S/C9H18N2O.CH4/c1-5-9(12)10-7-6-8-11(2,3)4;/h5H,1,6-8H2,2-4H3;1H4/p+1. The highest BCUT2D eigenvalue weighted by Gasteiger charge is 2.05. The molecule has 0 bridgehead atoms. The molecule has 0 aromatic heterocycles. The fourth-order valence-electron chi connectivity index (χ4n) is 0.837. The van der Waals surface area contributed by atoms with E-state index in [2.05, 4.69) is 33.0 Å². The van der Waals surface area contributed by atoms with Gasteiger partial charge in [0.2, 0.25) is 5.91 Å². The first-order valence-electron chi connectivity index (χ1n) is 4.16. The van der Waals surface area contributed by atoms with Crippen molar-refractivity contribution in [2.24, 2.45) is 0 Å². The van der Waals surface area contributed by atoms with Crippen LogP contribution in [-0.4, -0.2) is 44.6 Å². The lowest BCUT2D eigenvalue weighted by Gasteiger charge is -2.23. The van der Waals surface area contributed by atoms with Gasteiger partial charge in [-0.15, -0.1) is 0 Å². The first kappa shape index (κ1) is 14.7. The van der Waals surface area contributed by atoms with Crippen molar-refractivity contribution in [2.75, 3.05) is 34.2 Å². The van der Waals surface area contributed by atoms with Gasteiger partial charge in [0, 0.05) is 13.0 Å². The van der Waals surface area contributed by atoms with Gasteiger partial charge in [0.15, 0.2) is 0 Å². The highest BCUT2D eigenvalue weighted by molar-refractivity contribution is 5.86. The molecular weight excluding hydrogens is 164 g/mol. The number of quaternary nitrogens is 1. The molecule has 13 heavy (non-hydrogen) atoms. The quantitative estimate of drug-likeness (QED) is 0.389. The minimum absolute atomic E-state index is 0. The maximum Gasteiger partial charge on any atom is 0.243 e. The van der Waals surface area contributed by atoms with Crippen molar-refractivity contribution in [1.29, 1.82) is 0 Å². The number of nitrogens with zero attached hydrogens (tertiary/aromatic N) is 1. The number of nitrogens with one attached hydrogen (secondary N) is 1. The summed E-state index contributed by atoms with van der Waals surface area (Å²) in [7, 11) is 6.40. The molecule has 0 radical (unpaired) electrons. The molecule has 0 aromatic rings. The first-order valence-corrected chi connectivity index (χ1v) is 4.16. The van der Waals surface area contributed by atoms with Crippen molar-refractivity contribution in [3.05, 3.63) is 12.7 Å². The number of carbonyl (C=O) groups excluding carboxylic acids is 1. The maximum absolute atomic E-state index is 10.7. The van der Waals surface area contributed by atoms with Crippen LogP contribution in [-0.2, 0) is 4.79 Å². The summed E-state index contributed by atoms with van der Waals surface area (Å²) >= 11 is 0. The number of carbonyl (C=O) groups is 1. The molecule has 0 rings (SSSR count). The van der Waals surface area contributed by atoms with Gasteiger partial charge in [-0.2, -0.15) is 0 Å². The minimum Gasteiger partial charge on any atom is -0.352 e. The smallest absolute Gasteiger partial charge is 0.243 e. The molecule has 0 aliphatic heterocycles. The Morgan fingerprint density at radius 2 is 2.00 bits per heavy atom. The van der Waals surface area contributed by atoms with Gasteiger partial charge in [-0.05, 0) is 6.08 Å². The molecule has 1 N–H and O–H groups in total. The molecule has 0 saturated heterocycles. The van der Waals surface area contributed by atoms with E-state index in [0.29, 0.717) is 0 Å². The maximum atomic E-state index is 10.7. The van der Waals surface area contributed by atoms with E-state index >= 15 is 0 Å².